The third kappa shape index (κ3) is 4.56. The van der Waals surface area contributed by atoms with Gasteiger partial charge in [-0.05, 0) is 24.5 Å². The molecule has 1 fully saturated rings. The molecule has 4 nitrogen and oxygen atoms in total. The van der Waals surface area contributed by atoms with E-state index in [1.807, 2.05) is 12.1 Å². The number of pyridine rings is 1. The Balaban J connectivity index is 1.51. The van der Waals surface area contributed by atoms with Crippen molar-refractivity contribution in [1.82, 2.24) is 15.2 Å². The van der Waals surface area contributed by atoms with Gasteiger partial charge in [0.15, 0.2) is 4.34 Å². The summed E-state index contributed by atoms with van der Waals surface area (Å²) in [5, 5.41) is 13.5. The van der Waals surface area contributed by atoms with Crippen molar-refractivity contribution >= 4 is 39.8 Å². The van der Waals surface area contributed by atoms with Gasteiger partial charge < -0.3 is 5.32 Å². The second-order valence-corrected chi connectivity index (χ2v) is 7.72. The van der Waals surface area contributed by atoms with Gasteiger partial charge >= 0.3 is 0 Å². The highest BCUT2D eigenvalue weighted by atomic mass is 35.5. The molecule has 3 rings (SSSR count). The third-order valence-electron chi connectivity index (χ3n) is 3.49. The smallest absolute Gasteiger partial charge is 0.206 e. The fraction of sp³-hybridized carbons (Fsp3) is 0.500. The van der Waals surface area contributed by atoms with Crippen molar-refractivity contribution in [2.24, 2.45) is 0 Å². The molecule has 1 N–H and O–H groups in total. The molecule has 2 heterocycles. The van der Waals surface area contributed by atoms with Gasteiger partial charge in [-0.2, -0.15) is 0 Å². The van der Waals surface area contributed by atoms with Crippen LogP contribution in [0, 0.1) is 0 Å². The van der Waals surface area contributed by atoms with Crippen LogP contribution in [0.2, 0.25) is 5.15 Å². The SMILES string of the molecule is Clc1ccc(CSc2nnc(NC3CCCCC3)s2)cn1. The first-order valence-corrected chi connectivity index (χ1v) is 9.31. The molecule has 0 unspecified atom stereocenters. The average molecular weight is 341 g/mol. The van der Waals surface area contributed by atoms with E-state index < -0.39 is 0 Å². The Morgan fingerprint density at radius 3 is 2.86 bits per heavy atom. The molecule has 2 aromatic heterocycles. The normalized spacial score (nSPS) is 16.0. The van der Waals surface area contributed by atoms with E-state index in [4.69, 9.17) is 11.6 Å². The van der Waals surface area contributed by atoms with E-state index in [-0.39, 0.29) is 0 Å². The van der Waals surface area contributed by atoms with Crippen molar-refractivity contribution < 1.29 is 0 Å². The Morgan fingerprint density at radius 2 is 2.10 bits per heavy atom. The number of aromatic nitrogens is 3. The molecule has 0 atom stereocenters. The van der Waals surface area contributed by atoms with Crippen molar-refractivity contribution in [2.75, 3.05) is 5.32 Å². The minimum Gasteiger partial charge on any atom is -0.357 e. The molecule has 0 aliphatic heterocycles. The zero-order valence-corrected chi connectivity index (χ0v) is 14.0. The van der Waals surface area contributed by atoms with E-state index >= 15 is 0 Å². The van der Waals surface area contributed by atoms with E-state index in [9.17, 15) is 0 Å². The van der Waals surface area contributed by atoms with Crippen LogP contribution in [0.4, 0.5) is 5.13 Å². The Morgan fingerprint density at radius 1 is 1.24 bits per heavy atom. The monoisotopic (exact) mass is 340 g/mol. The summed E-state index contributed by atoms with van der Waals surface area (Å²) in [7, 11) is 0. The summed E-state index contributed by atoms with van der Waals surface area (Å²) in [6, 6.07) is 4.38. The standard InChI is InChI=1S/C14H17ClN4S2/c15-12-7-6-10(8-16-12)9-20-14-19-18-13(21-14)17-11-4-2-1-3-5-11/h6-8,11H,1-5,9H2,(H,17,18). The van der Waals surface area contributed by atoms with Gasteiger partial charge in [-0.1, -0.05) is 60.0 Å². The number of anilines is 1. The summed E-state index contributed by atoms with van der Waals surface area (Å²) in [6.45, 7) is 0. The molecule has 0 radical (unpaired) electrons. The molecule has 0 bridgehead atoms. The molecule has 21 heavy (non-hydrogen) atoms. The summed E-state index contributed by atoms with van der Waals surface area (Å²) in [5.41, 5.74) is 1.14. The number of thioether (sulfide) groups is 1. The molecule has 7 heteroatoms. The Kier molecular flexibility index (Phi) is 5.32. The number of nitrogens with one attached hydrogen (secondary N) is 1. The molecule has 1 aliphatic rings. The topological polar surface area (TPSA) is 50.7 Å². The van der Waals surface area contributed by atoms with E-state index in [0.717, 1.165) is 20.8 Å². The van der Waals surface area contributed by atoms with E-state index in [0.29, 0.717) is 11.2 Å². The van der Waals surface area contributed by atoms with Crippen LogP contribution in [-0.2, 0) is 5.75 Å². The maximum Gasteiger partial charge on any atom is 0.206 e. The van der Waals surface area contributed by atoms with Gasteiger partial charge in [0, 0.05) is 18.0 Å². The van der Waals surface area contributed by atoms with Gasteiger partial charge in [-0.25, -0.2) is 4.98 Å². The lowest BCUT2D eigenvalue weighted by Gasteiger charge is -2.21. The molecular formula is C14H17ClN4S2. The second kappa shape index (κ2) is 7.42. The average Bonchev–Trinajstić information content (AvgIpc) is 2.95. The zero-order chi connectivity index (χ0) is 14.5. The first-order chi connectivity index (χ1) is 10.3. The number of hydrogen-bond donors (Lipinski definition) is 1. The van der Waals surface area contributed by atoms with E-state index in [1.54, 1.807) is 29.3 Å². The largest absolute Gasteiger partial charge is 0.357 e. The summed E-state index contributed by atoms with van der Waals surface area (Å²) < 4.78 is 0.989. The van der Waals surface area contributed by atoms with Crippen molar-refractivity contribution in [3.63, 3.8) is 0 Å². The minimum absolute atomic E-state index is 0.527. The Hall–Kier alpha value is -0.850. The number of hydrogen-bond acceptors (Lipinski definition) is 6. The lowest BCUT2D eigenvalue weighted by molar-refractivity contribution is 0.462. The highest BCUT2D eigenvalue weighted by Crippen LogP contribution is 2.30. The lowest BCUT2D eigenvalue weighted by atomic mass is 9.96. The van der Waals surface area contributed by atoms with Crippen LogP contribution in [0.1, 0.15) is 37.7 Å². The third-order valence-corrected chi connectivity index (χ3v) is 5.77. The van der Waals surface area contributed by atoms with Crippen LogP contribution in [0.15, 0.2) is 22.7 Å². The van der Waals surface area contributed by atoms with Crippen LogP contribution in [-0.4, -0.2) is 21.2 Å². The Bertz CT molecular complexity index is 567. The molecule has 2 aromatic rings. The Labute approximate surface area is 137 Å². The van der Waals surface area contributed by atoms with Crippen molar-refractivity contribution in [3.8, 4) is 0 Å². The van der Waals surface area contributed by atoms with Gasteiger partial charge in [-0.15, -0.1) is 10.2 Å². The number of nitrogens with zero attached hydrogens (tertiary/aromatic N) is 3. The van der Waals surface area contributed by atoms with Gasteiger partial charge in [0.1, 0.15) is 5.15 Å². The maximum atomic E-state index is 5.78. The highest BCUT2D eigenvalue weighted by molar-refractivity contribution is 8.00. The number of halogens is 1. The van der Waals surface area contributed by atoms with Crippen LogP contribution < -0.4 is 5.32 Å². The molecule has 0 spiro atoms. The summed E-state index contributed by atoms with van der Waals surface area (Å²) >= 11 is 9.09. The second-order valence-electron chi connectivity index (χ2n) is 5.13. The fourth-order valence-corrected chi connectivity index (χ4v) is 4.26. The molecular weight excluding hydrogens is 324 g/mol. The van der Waals surface area contributed by atoms with Crippen molar-refractivity contribution in [3.05, 3.63) is 29.0 Å². The van der Waals surface area contributed by atoms with Gasteiger partial charge in [0.2, 0.25) is 5.13 Å². The van der Waals surface area contributed by atoms with Gasteiger partial charge in [0.05, 0.1) is 0 Å². The summed E-state index contributed by atoms with van der Waals surface area (Å²) in [5.74, 6) is 0.836. The fourth-order valence-electron chi connectivity index (χ4n) is 2.38. The van der Waals surface area contributed by atoms with Gasteiger partial charge in [-0.3, -0.25) is 0 Å². The predicted molar refractivity (Wildman–Crippen MR) is 89.2 cm³/mol. The zero-order valence-electron chi connectivity index (χ0n) is 11.6. The summed E-state index contributed by atoms with van der Waals surface area (Å²) in [4.78, 5) is 4.08. The van der Waals surface area contributed by atoms with Crippen LogP contribution >= 0.6 is 34.7 Å². The van der Waals surface area contributed by atoms with E-state index in [1.165, 1.54) is 32.1 Å². The number of rotatable bonds is 5. The summed E-state index contributed by atoms with van der Waals surface area (Å²) in [6.07, 6.45) is 8.31. The molecule has 1 aliphatic carbocycles. The highest BCUT2D eigenvalue weighted by Gasteiger charge is 2.15. The van der Waals surface area contributed by atoms with Crippen molar-refractivity contribution in [1.29, 1.82) is 0 Å². The maximum absolute atomic E-state index is 5.78. The van der Waals surface area contributed by atoms with Crippen LogP contribution in [0.25, 0.3) is 0 Å². The molecule has 0 aromatic carbocycles. The van der Waals surface area contributed by atoms with Crippen molar-refractivity contribution in [2.45, 2.75) is 48.2 Å². The van der Waals surface area contributed by atoms with E-state index in [2.05, 4.69) is 20.5 Å². The molecule has 0 saturated heterocycles. The molecule has 0 amide bonds. The molecule has 112 valence electrons. The first kappa shape index (κ1) is 15.1. The van der Waals surface area contributed by atoms with Crippen LogP contribution in [0.3, 0.4) is 0 Å². The quantitative estimate of drug-likeness (QED) is 0.635. The molecule has 1 saturated carbocycles. The first-order valence-electron chi connectivity index (χ1n) is 7.13. The lowest BCUT2D eigenvalue weighted by Crippen LogP contribution is -2.21. The van der Waals surface area contributed by atoms with Gasteiger partial charge in [0.25, 0.3) is 0 Å². The predicted octanol–water partition coefficient (Wildman–Crippen LogP) is 4.62. The minimum atomic E-state index is 0.527. The van der Waals surface area contributed by atoms with Crippen LogP contribution in [0.5, 0.6) is 0 Å².